The van der Waals surface area contributed by atoms with Gasteiger partial charge in [0.25, 0.3) is 0 Å². The molecule has 430 valence electrons. The van der Waals surface area contributed by atoms with Gasteiger partial charge in [-0.25, -0.2) is 0 Å². The van der Waals surface area contributed by atoms with Crippen LogP contribution in [-0.4, -0.2) is 74.3 Å². The minimum Gasteiger partial charge on any atom is -0.465 e. The lowest BCUT2D eigenvalue weighted by molar-refractivity contribution is -0.179. The average molecular weight is 1040 g/mol. The number of allylic oxidation sites excluding steroid dienone is 6. The van der Waals surface area contributed by atoms with Crippen LogP contribution in [0.5, 0.6) is 0 Å². The predicted octanol–water partition coefficient (Wildman–Crippen LogP) is 18.3. The Kier molecular flexibility index (Phi) is 48.7. The fourth-order valence-corrected chi connectivity index (χ4v) is 9.89. The first-order valence-electron chi connectivity index (χ1n) is 31.5. The SMILES string of the molecule is CCCCCCCC/C=C\CCCCCCCC(=O)OC1C(OC(=O)CCCCCCC/C=C\CCCCCCCC)[C@H](OC(=O)CCCCCCC/C=C\CCCCCCCC)C[C@@H]1COC(=O)CCN(C)C. The Labute approximate surface area is 456 Å². The first kappa shape index (κ1) is 69.1. The van der Waals surface area contributed by atoms with Crippen LogP contribution in [0.4, 0.5) is 0 Å². The molecule has 0 N–H and O–H groups in total. The van der Waals surface area contributed by atoms with E-state index in [4.69, 9.17) is 18.9 Å². The molecule has 2 unspecified atom stereocenters. The van der Waals surface area contributed by atoms with Gasteiger partial charge in [-0.15, -0.1) is 0 Å². The number of unbranched alkanes of at least 4 members (excludes halogenated alkanes) is 33. The van der Waals surface area contributed by atoms with Crippen molar-refractivity contribution in [2.24, 2.45) is 5.92 Å². The lowest BCUT2D eigenvalue weighted by Crippen LogP contribution is -2.41. The Morgan fingerprint density at radius 2 is 0.662 bits per heavy atom. The maximum atomic E-state index is 13.6. The fourth-order valence-electron chi connectivity index (χ4n) is 9.89. The molecule has 0 bridgehead atoms. The Bertz CT molecular complexity index is 1410. The first-order valence-corrected chi connectivity index (χ1v) is 31.5. The Hall–Kier alpha value is -2.94. The Balaban J connectivity index is 2.80. The molecule has 0 aromatic rings. The van der Waals surface area contributed by atoms with Crippen molar-refractivity contribution in [1.82, 2.24) is 4.90 Å². The molecule has 0 aromatic carbocycles. The molecule has 0 spiro atoms. The minimum atomic E-state index is -0.966. The van der Waals surface area contributed by atoms with E-state index in [2.05, 4.69) is 57.2 Å². The minimum absolute atomic E-state index is 0.0117. The fraction of sp³-hybridized carbons (Fsp3) is 0.846. The summed E-state index contributed by atoms with van der Waals surface area (Å²) in [6.07, 6.45) is 58.3. The van der Waals surface area contributed by atoms with Gasteiger partial charge in [0.2, 0.25) is 0 Å². The average Bonchev–Trinajstić information content (AvgIpc) is 3.69. The molecule has 1 aliphatic rings. The van der Waals surface area contributed by atoms with Gasteiger partial charge in [-0.2, -0.15) is 0 Å². The van der Waals surface area contributed by atoms with Crippen LogP contribution in [0.15, 0.2) is 36.5 Å². The first-order chi connectivity index (χ1) is 36.2. The number of carbonyl (C=O) groups excluding carboxylic acids is 4. The summed E-state index contributed by atoms with van der Waals surface area (Å²) in [7, 11) is 3.81. The second-order valence-corrected chi connectivity index (χ2v) is 22.2. The summed E-state index contributed by atoms with van der Waals surface area (Å²) in [5.74, 6) is -1.91. The number of hydrogen-bond donors (Lipinski definition) is 0. The molecule has 0 heterocycles. The van der Waals surface area contributed by atoms with Crippen molar-refractivity contribution in [2.75, 3.05) is 27.2 Å². The van der Waals surface area contributed by atoms with Crippen molar-refractivity contribution < 1.29 is 38.1 Å². The van der Waals surface area contributed by atoms with Crippen LogP contribution in [0, 0.1) is 5.92 Å². The van der Waals surface area contributed by atoms with Crippen molar-refractivity contribution in [2.45, 2.75) is 322 Å². The normalized spacial score (nSPS) is 16.8. The molecule has 9 nitrogen and oxygen atoms in total. The van der Waals surface area contributed by atoms with Gasteiger partial charge in [0, 0.05) is 31.7 Å². The number of rotatable bonds is 53. The predicted molar refractivity (Wildman–Crippen MR) is 310 cm³/mol. The highest BCUT2D eigenvalue weighted by Crippen LogP contribution is 2.35. The summed E-state index contributed by atoms with van der Waals surface area (Å²) in [6.45, 7) is 7.31. The highest BCUT2D eigenvalue weighted by atomic mass is 16.6. The molecule has 1 rings (SSSR count). The number of esters is 4. The highest BCUT2D eigenvalue weighted by Gasteiger charge is 2.50. The van der Waals surface area contributed by atoms with E-state index in [-0.39, 0.29) is 62.6 Å². The molecule has 0 saturated heterocycles. The lowest BCUT2D eigenvalue weighted by Gasteiger charge is -2.26. The molecule has 1 aliphatic carbocycles. The van der Waals surface area contributed by atoms with E-state index in [1.165, 1.54) is 135 Å². The van der Waals surface area contributed by atoms with Crippen molar-refractivity contribution in [3.8, 4) is 0 Å². The second-order valence-electron chi connectivity index (χ2n) is 22.2. The zero-order valence-corrected chi connectivity index (χ0v) is 49.0. The van der Waals surface area contributed by atoms with Crippen LogP contribution in [0.3, 0.4) is 0 Å². The zero-order chi connectivity index (χ0) is 53.8. The maximum absolute atomic E-state index is 13.6. The summed E-state index contributed by atoms with van der Waals surface area (Å²) in [6, 6.07) is 0. The van der Waals surface area contributed by atoms with Crippen LogP contribution < -0.4 is 0 Å². The van der Waals surface area contributed by atoms with E-state index < -0.39 is 24.2 Å². The summed E-state index contributed by atoms with van der Waals surface area (Å²) >= 11 is 0. The maximum Gasteiger partial charge on any atom is 0.307 e. The monoisotopic (exact) mass is 1040 g/mol. The molecule has 0 radical (unpaired) electrons. The third-order valence-corrected chi connectivity index (χ3v) is 14.7. The molecule has 0 aromatic heterocycles. The van der Waals surface area contributed by atoms with Crippen molar-refractivity contribution in [3.63, 3.8) is 0 Å². The quantitative estimate of drug-likeness (QED) is 0.0255. The van der Waals surface area contributed by atoms with Crippen molar-refractivity contribution >= 4 is 23.9 Å². The summed E-state index contributed by atoms with van der Waals surface area (Å²) in [5, 5.41) is 0. The van der Waals surface area contributed by atoms with Crippen LogP contribution in [-0.2, 0) is 38.1 Å². The molecular formula is C65H117NO8. The standard InChI is InChI=1S/C65H117NO8/c1-6-9-12-15-18-21-24-27-30-33-36-39-42-45-48-51-61(68)72-59-56-58(57-71-60(67)54-55-66(4)5)64(73-62(69)52-49-46-43-40-37-34-31-28-25-22-19-16-13-10-7-2)65(59)74-63(70)53-50-47-44-41-38-35-32-29-26-23-20-17-14-11-8-3/h27-32,58-59,64-65H,6-26,33-57H2,1-5H3/b30-27-,31-28-,32-29-/t58-,59-,64?,65?/m1/s1. The Morgan fingerprint density at radius 1 is 0.365 bits per heavy atom. The zero-order valence-electron chi connectivity index (χ0n) is 49.0. The van der Waals surface area contributed by atoms with Gasteiger partial charge in [-0.3, -0.25) is 19.2 Å². The van der Waals surface area contributed by atoms with Gasteiger partial charge in [-0.05, 0) is 117 Å². The summed E-state index contributed by atoms with van der Waals surface area (Å²) in [4.78, 5) is 55.3. The molecule has 4 atom stereocenters. The van der Waals surface area contributed by atoms with Gasteiger partial charge in [0.1, 0.15) is 12.2 Å². The smallest absolute Gasteiger partial charge is 0.307 e. The van der Waals surface area contributed by atoms with Crippen LogP contribution in [0.2, 0.25) is 0 Å². The molecular weight excluding hydrogens is 923 g/mol. The molecule has 1 fully saturated rings. The van der Waals surface area contributed by atoms with Gasteiger partial charge in [0.15, 0.2) is 6.10 Å². The number of nitrogens with zero attached hydrogens (tertiary/aromatic N) is 1. The number of carbonyl (C=O) groups is 4. The Morgan fingerprint density at radius 3 is 1.00 bits per heavy atom. The third kappa shape index (κ3) is 43.2. The third-order valence-electron chi connectivity index (χ3n) is 14.7. The lowest BCUT2D eigenvalue weighted by atomic mass is 10.1. The van der Waals surface area contributed by atoms with E-state index in [1.54, 1.807) is 0 Å². The second kappa shape index (κ2) is 52.1. The molecule has 9 heteroatoms. The highest BCUT2D eigenvalue weighted by molar-refractivity contribution is 5.72. The van der Waals surface area contributed by atoms with Gasteiger partial charge in [0.05, 0.1) is 13.0 Å². The van der Waals surface area contributed by atoms with Gasteiger partial charge >= 0.3 is 23.9 Å². The topological polar surface area (TPSA) is 108 Å². The number of hydrogen-bond acceptors (Lipinski definition) is 9. The molecule has 74 heavy (non-hydrogen) atoms. The van der Waals surface area contributed by atoms with E-state index in [1.807, 2.05) is 19.0 Å². The molecule has 0 amide bonds. The van der Waals surface area contributed by atoms with E-state index in [9.17, 15) is 19.2 Å². The van der Waals surface area contributed by atoms with Crippen molar-refractivity contribution in [3.05, 3.63) is 36.5 Å². The molecule has 1 saturated carbocycles. The van der Waals surface area contributed by atoms with Crippen LogP contribution in [0.25, 0.3) is 0 Å². The molecule has 0 aliphatic heterocycles. The number of ether oxygens (including phenoxy) is 4. The largest absolute Gasteiger partial charge is 0.465 e. The van der Waals surface area contributed by atoms with Crippen LogP contribution >= 0.6 is 0 Å². The summed E-state index contributed by atoms with van der Waals surface area (Å²) < 4.78 is 24.2. The van der Waals surface area contributed by atoms with E-state index in [0.29, 0.717) is 19.4 Å². The van der Waals surface area contributed by atoms with E-state index in [0.717, 1.165) is 103 Å². The van der Waals surface area contributed by atoms with Crippen molar-refractivity contribution in [1.29, 1.82) is 0 Å². The van der Waals surface area contributed by atoms with Crippen LogP contribution in [0.1, 0.15) is 303 Å². The summed E-state index contributed by atoms with van der Waals surface area (Å²) in [5.41, 5.74) is 0. The van der Waals surface area contributed by atoms with Gasteiger partial charge < -0.3 is 23.8 Å². The van der Waals surface area contributed by atoms with E-state index >= 15 is 0 Å². The van der Waals surface area contributed by atoms with Gasteiger partial charge in [-0.1, -0.05) is 211 Å².